The normalized spacial score (nSPS) is 9.76. The molecule has 0 radical (unpaired) electrons. The molecule has 17 heavy (non-hydrogen) atoms. The van der Waals surface area contributed by atoms with E-state index >= 15 is 0 Å². The Morgan fingerprint density at radius 2 is 1.82 bits per heavy atom. The molecule has 1 amide bonds. The van der Waals surface area contributed by atoms with Gasteiger partial charge in [-0.05, 0) is 30.7 Å². The van der Waals surface area contributed by atoms with Crippen LogP contribution in [0.25, 0.3) is 0 Å². The summed E-state index contributed by atoms with van der Waals surface area (Å²) in [5.74, 6) is 5.97. The Bertz CT molecular complexity index is 338. The molecule has 5 heteroatoms. The maximum atomic E-state index is 10.8. The maximum absolute atomic E-state index is 10.8. The topological polar surface area (TPSA) is 73.6 Å². The first-order valence-corrected chi connectivity index (χ1v) is 5.61. The van der Waals surface area contributed by atoms with Crippen LogP contribution in [-0.4, -0.2) is 19.1 Å². The predicted octanol–water partition coefficient (Wildman–Crippen LogP) is 1.23. The van der Waals surface area contributed by atoms with Gasteiger partial charge >= 0.3 is 0 Å². The van der Waals surface area contributed by atoms with Gasteiger partial charge in [-0.15, -0.1) is 0 Å². The molecule has 0 saturated carbocycles. The molecule has 0 heterocycles. The molecule has 0 spiro atoms. The summed E-state index contributed by atoms with van der Waals surface area (Å²) < 4.78 is 10.7. The van der Waals surface area contributed by atoms with Gasteiger partial charge in [0, 0.05) is 0 Å². The molecule has 3 N–H and O–H groups in total. The van der Waals surface area contributed by atoms with Crippen LogP contribution in [0.1, 0.15) is 19.8 Å². The Morgan fingerprint density at radius 3 is 2.35 bits per heavy atom. The smallest absolute Gasteiger partial charge is 0.271 e. The van der Waals surface area contributed by atoms with Crippen molar-refractivity contribution >= 4 is 5.91 Å². The fraction of sp³-hybridized carbons (Fsp3) is 0.417. The third-order valence-electron chi connectivity index (χ3n) is 2.12. The van der Waals surface area contributed by atoms with E-state index in [4.69, 9.17) is 15.3 Å². The minimum atomic E-state index is -0.367. The van der Waals surface area contributed by atoms with Crippen LogP contribution in [0, 0.1) is 0 Å². The molecule has 1 aromatic carbocycles. The second-order valence-electron chi connectivity index (χ2n) is 3.53. The van der Waals surface area contributed by atoms with Crippen molar-refractivity contribution < 1.29 is 14.3 Å². The van der Waals surface area contributed by atoms with Crippen molar-refractivity contribution in [3.8, 4) is 11.5 Å². The molecule has 1 rings (SSSR count). The van der Waals surface area contributed by atoms with Crippen molar-refractivity contribution in [1.82, 2.24) is 5.43 Å². The van der Waals surface area contributed by atoms with Gasteiger partial charge in [-0.3, -0.25) is 10.2 Å². The van der Waals surface area contributed by atoms with Gasteiger partial charge in [0.25, 0.3) is 5.91 Å². The van der Waals surface area contributed by atoms with Crippen molar-refractivity contribution in [2.75, 3.05) is 13.2 Å². The lowest BCUT2D eigenvalue weighted by Crippen LogP contribution is -2.34. The van der Waals surface area contributed by atoms with Crippen LogP contribution in [0.2, 0.25) is 0 Å². The molecule has 0 bridgehead atoms. The Hall–Kier alpha value is -1.75. The van der Waals surface area contributed by atoms with Gasteiger partial charge in [0.05, 0.1) is 6.61 Å². The predicted molar refractivity (Wildman–Crippen MR) is 64.7 cm³/mol. The number of rotatable bonds is 7. The maximum Gasteiger partial charge on any atom is 0.271 e. The van der Waals surface area contributed by atoms with Crippen LogP contribution < -0.4 is 20.7 Å². The largest absolute Gasteiger partial charge is 0.494 e. The lowest BCUT2D eigenvalue weighted by Gasteiger charge is -2.07. The minimum absolute atomic E-state index is 0.0907. The molecule has 0 aliphatic carbocycles. The fourth-order valence-electron chi connectivity index (χ4n) is 1.16. The second-order valence-corrected chi connectivity index (χ2v) is 3.53. The number of benzene rings is 1. The first kappa shape index (κ1) is 13.3. The lowest BCUT2D eigenvalue weighted by molar-refractivity contribution is -0.123. The third kappa shape index (κ3) is 5.21. The Labute approximate surface area is 101 Å². The summed E-state index contributed by atoms with van der Waals surface area (Å²) in [6.07, 6.45) is 2.14. The van der Waals surface area contributed by atoms with E-state index in [9.17, 15) is 4.79 Å². The lowest BCUT2D eigenvalue weighted by atomic mass is 10.3. The summed E-state index contributed by atoms with van der Waals surface area (Å²) >= 11 is 0. The number of carbonyl (C=O) groups excluding carboxylic acids is 1. The quantitative estimate of drug-likeness (QED) is 0.324. The number of ether oxygens (including phenoxy) is 2. The van der Waals surface area contributed by atoms with Crippen molar-refractivity contribution in [1.29, 1.82) is 0 Å². The highest BCUT2D eigenvalue weighted by Gasteiger charge is 2.00. The highest BCUT2D eigenvalue weighted by Crippen LogP contribution is 2.17. The number of unbranched alkanes of at least 4 members (excludes halogenated alkanes) is 1. The Kier molecular flexibility index (Phi) is 5.88. The average Bonchev–Trinajstić information content (AvgIpc) is 2.37. The Morgan fingerprint density at radius 1 is 1.24 bits per heavy atom. The third-order valence-corrected chi connectivity index (χ3v) is 2.12. The van der Waals surface area contributed by atoms with Crippen LogP contribution in [0.3, 0.4) is 0 Å². The first-order chi connectivity index (χ1) is 8.26. The molecular formula is C12H18N2O3. The summed E-state index contributed by atoms with van der Waals surface area (Å²) in [7, 11) is 0. The Balaban J connectivity index is 2.36. The molecule has 0 saturated heterocycles. The zero-order valence-corrected chi connectivity index (χ0v) is 9.94. The van der Waals surface area contributed by atoms with Gasteiger partial charge in [-0.1, -0.05) is 13.3 Å². The number of hydrogen-bond donors (Lipinski definition) is 2. The number of hydrogen-bond acceptors (Lipinski definition) is 4. The summed E-state index contributed by atoms with van der Waals surface area (Å²) in [4.78, 5) is 10.8. The van der Waals surface area contributed by atoms with Gasteiger partial charge in [-0.2, -0.15) is 0 Å². The molecular weight excluding hydrogens is 220 g/mol. The number of amides is 1. The van der Waals surface area contributed by atoms with Crippen LogP contribution in [0.4, 0.5) is 0 Å². The number of nitrogens with one attached hydrogen (secondary N) is 1. The monoisotopic (exact) mass is 238 g/mol. The molecule has 0 atom stereocenters. The van der Waals surface area contributed by atoms with E-state index in [0.717, 1.165) is 18.6 Å². The van der Waals surface area contributed by atoms with E-state index in [1.807, 2.05) is 17.6 Å². The molecule has 0 aliphatic rings. The molecule has 0 aromatic heterocycles. The molecule has 0 unspecified atom stereocenters. The summed E-state index contributed by atoms with van der Waals surface area (Å²) in [6.45, 7) is 2.74. The van der Waals surface area contributed by atoms with Gasteiger partial charge in [-0.25, -0.2) is 5.84 Å². The fourth-order valence-corrected chi connectivity index (χ4v) is 1.16. The first-order valence-electron chi connectivity index (χ1n) is 5.61. The van der Waals surface area contributed by atoms with Gasteiger partial charge in [0.1, 0.15) is 11.5 Å². The summed E-state index contributed by atoms with van der Waals surface area (Å²) in [5, 5.41) is 0. The number of nitrogens with two attached hydrogens (primary N) is 1. The van der Waals surface area contributed by atoms with E-state index in [0.29, 0.717) is 12.4 Å². The van der Waals surface area contributed by atoms with Crippen molar-refractivity contribution in [3.05, 3.63) is 24.3 Å². The highest BCUT2D eigenvalue weighted by atomic mass is 16.5. The summed E-state index contributed by atoms with van der Waals surface area (Å²) in [5.41, 5.74) is 1.99. The van der Waals surface area contributed by atoms with Crippen molar-refractivity contribution in [3.63, 3.8) is 0 Å². The van der Waals surface area contributed by atoms with E-state index in [1.165, 1.54) is 0 Å². The van der Waals surface area contributed by atoms with E-state index < -0.39 is 0 Å². The van der Waals surface area contributed by atoms with E-state index in [2.05, 4.69) is 6.92 Å². The van der Waals surface area contributed by atoms with Gasteiger partial charge in [0.15, 0.2) is 6.61 Å². The van der Waals surface area contributed by atoms with Crippen LogP contribution in [-0.2, 0) is 4.79 Å². The zero-order chi connectivity index (χ0) is 12.5. The van der Waals surface area contributed by atoms with Crippen LogP contribution >= 0.6 is 0 Å². The minimum Gasteiger partial charge on any atom is -0.494 e. The molecule has 94 valence electrons. The molecule has 5 nitrogen and oxygen atoms in total. The second kappa shape index (κ2) is 7.51. The summed E-state index contributed by atoms with van der Waals surface area (Å²) in [6, 6.07) is 7.13. The van der Waals surface area contributed by atoms with Crippen molar-refractivity contribution in [2.45, 2.75) is 19.8 Å². The molecule has 1 aromatic rings. The number of hydrazine groups is 1. The molecule has 0 fully saturated rings. The molecule has 0 aliphatic heterocycles. The SMILES string of the molecule is CCCCOc1ccc(OCC(=O)NN)cc1. The highest BCUT2D eigenvalue weighted by molar-refractivity contribution is 5.76. The standard InChI is InChI=1S/C12H18N2O3/c1-2-3-8-16-10-4-6-11(7-5-10)17-9-12(15)14-13/h4-7H,2-3,8-9,13H2,1H3,(H,14,15). The van der Waals surface area contributed by atoms with Crippen molar-refractivity contribution in [2.24, 2.45) is 5.84 Å². The number of carbonyl (C=O) groups is 1. The van der Waals surface area contributed by atoms with E-state index in [1.54, 1.807) is 12.1 Å². The average molecular weight is 238 g/mol. The zero-order valence-electron chi connectivity index (χ0n) is 9.94. The van der Waals surface area contributed by atoms with Crippen LogP contribution in [0.5, 0.6) is 11.5 Å². The van der Waals surface area contributed by atoms with Crippen LogP contribution in [0.15, 0.2) is 24.3 Å². The van der Waals surface area contributed by atoms with E-state index in [-0.39, 0.29) is 12.5 Å². The van der Waals surface area contributed by atoms with Gasteiger partial charge < -0.3 is 9.47 Å². The van der Waals surface area contributed by atoms with Gasteiger partial charge in [0.2, 0.25) is 0 Å².